The summed E-state index contributed by atoms with van der Waals surface area (Å²) in [4.78, 5) is 17.6. The van der Waals surface area contributed by atoms with E-state index in [9.17, 15) is 10.1 Å². The summed E-state index contributed by atoms with van der Waals surface area (Å²) in [7, 11) is 1.63. The molecule has 192 valence electrons. The summed E-state index contributed by atoms with van der Waals surface area (Å²) in [6.07, 6.45) is 0.288. The van der Waals surface area contributed by atoms with Gasteiger partial charge in [-0.3, -0.25) is 4.79 Å². The van der Waals surface area contributed by atoms with E-state index < -0.39 is 0 Å². The maximum atomic E-state index is 12.7. The van der Waals surface area contributed by atoms with Crippen molar-refractivity contribution in [2.45, 2.75) is 18.4 Å². The molecular weight excluding hydrogens is 502 g/mol. The molecule has 0 radical (unpaired) electrons. The van der Waals surface area contributed by atoms with Crippen LogP contribution in [0.5, 0.6) is 5.75 Å². The summed E-state index contributed by atoms with van der Waals surface area (Å²) in [5, 5.41) is 15.9. The zero-order valence-electron chi connectivity index (χ0n) is 21.8. The van der Waals surface area contributed by atoms with Crippen LogP contribution in [-0.4, -0.2) is 23.8 Å². The molecule has 4 aromatic carbocycles. The maximum Gasteiger partial charge on any atom is 0.225 e. The molecule has 5 aromatic rings. The number of amides is 1. The molecular formula is C33H27N3O2S. The van der Waals surface area contributed by atoms with Gasteiger partial charge in [0.1, 0.15) is 16.8 Å². The van der Waals surface area contributed by atoms with E-state index in [1.54, 1.807) is 7.11 Å². The second-order valence-electron chi connectivity index (χ2n) is 9.15. The number of rotatable bonds is 8. The van der Waals surface area contributed by atoms with Crippen LogP contribution in [0, 0.1) is 18.3 Å². The largest absolute Gasteiger partial charge is 0.497 e. The molecule has 1 amide bonds. The van der Waals surface area contributed by atoms with Crippen molar-refractivity contribution in [3.8, 4) is 34.2 Å². The highest BCUT2D eigenvalue weighted by atomic mass is 32.2. The second-order valence-corrected chi connectivity index (χ2v) is 10.2. The van der Waals surface area contributed by atoms with Crippen molar-refractivity contribution in [2.75, 3.05) is 18.2 Å². The highest BCUT2D eigenvalue weighted by Gasteiger charge is 2.17. The lowest BCUT2D eigenvalue weighted by molar-refractivity contribution is -0.115. The number of fused-ring (bicyclic) bond motifs is 1. The quantitative estimate of drug-likeness (QED) is 0.207. The average Bonchev–Trinajstić information content (AvgIpc) is 2.97. The van der Waals surface area contributed by atoms with Crippen molar-refractivity contribution in [3.05, 3.63) is 108 Å². The zero-order valence-corrected chi connectivity index (χ0v) is 22.6. The Morgan fingerprint density at radius 3 is 2.36 bits per heavy atom. The van der Waals surface area contributed by atoms with Crippen LogP contribution in [0.25, 0.3) is 33.2 Å². The molecule has 0 aliphatic rings. The molecule has 1 aromatic heterocycles. The highest BCUT2D eigenvalue weighted by molar-refractivity contribution is 7.99. The number of methoxy groups -OCH3 is 1. The van der Waals surface area contributed by atoms with Gasteiger partial charge in [0.25, 0.3) is 0 Å². The number of hydrogen-bond acceptors (Lipinski definition) is 5. The van der Waals surface area contributed by atoms with E-state index in [1.165, 1.54) is 11.8 Å². The first kappa shape index (κ1) is 26.0. The van der Waals surface area contributed by atoms with E-state index >= 15 is 0 Å². The van der Waals surface area contributed by atoms with Gasteiger partial charge >= 0.3 is 0 Å². The van der Waals surface area contributed by atoms with Gasteiger partial charge in [-0.05, 0) is 65.7 Å². The predicted molar refractivity (Wildman–Crippen MR) is 159 cm³/mol. The van der Waals surface area contributed by atoms with Crippen LogP contribution >= 0.6 is 11.8 Å². The molecule has 0 unspecified atom stereocenters. The minimum atomic E-state index is -0.0821. The minimum absolute atomic E-state index is 0.0821. The Kier molecular flexibility index (Phi) is 7.91. The van der Waals surface area contributed by atoms with Crippen LogP contribution in [0.1, 0.15) is 17.5 Å². The fourth-order valence-corrected chi connectivity index (χ4v) is 5.28. The van der Waals surface area contributed by atoms with Crippen molar-refractivity contribution in [1.82, 2.24) is 4.98 Å². The molecule has 0 saturated carbocycles. The fraction of sp³-hybridized carbons (Fsp3) is 0.121. The zero-order chi connectivity index (χ0) is 27.2. The van der Waals surface area contributed by atoms with Crippen LogP contribution in [0.3, 0.4) is 0 Å². The van der Waals surface area contributed by atoms with Crippen molar-refractivity contribution in [2.24, 2.45) is 0 Å². The predicted octanol–water partition coefficient (Wildman–Crippen LogP) is 7.88. The van der Waals surface area contributed by atoms with Crippen molar-refractivity contribution in [3.63, 3.8) is 0 Å². The number of hydrogen-bond donors (Lipinski definition) is 1. The average molecular weight is 530 g/mol. The Hall–Kier alpha value is -4.60. The van der Waals surface area contributed by atoms with Gasteiger partial charge in [0, 0.05) is 29.0 Å². The molecule has 0 aliphatic carbocycles. The summed E-state index contributed by atoms with van der Waals surface area (Å²) >= 11 is 1.42. The van der Waals surface area contributed by atoms with Gasteiger partial charge in [0.15, 0.2) is 0 Å². The molecule has 0 fully saturated rings. The van der Waals surface area contributed by atoms with Crippen molar-refractivity contribution in [1.29, 1.82) is 5.26 Å². The van der Waals surface area contributed by atoms with Crippen LogP contribution in [0.4, 0.5) is 5.69 Å². The first-order valence-corrected chi connectivity index (χ1v) is 13.6. The monoisotopic (exact) mass is 529 g/mol. The minimum Gasteiger partial charge on any atom is -0.497 e. The Morgan fingerprint density at radius 1 is 0.923 bits per heavy atom. The lowest BCUT2D eigenvalue weighted by Gasteiger charge is -2.13. The number of benzene rings is 4. The van der Waals surface area contributed by atoms with Crippen LogP contribution in [0.2, 0.25) is 0 Å². The number of pyridine rings is 1. The second kappa shape index (κ2) is 11.8. The third kappa shape index (κ3) is 6.11. The molecule has 0 atom stereocenters. The van der Waals surface area contributed by atoms with Crippen LogP contribution in [0.15, 0.2) is 102 Å². The number of thioether (sulfide) groups is 1. The van der Waals surface area contributed by atoms with E-state index in [0.717, 1.165) is 50.2 Å². The Labute approximate surface area is 232 Å². The number of aryl methyl sites for hydroxylation is 1. The molecule has 6 heteroatoms. The van der Waals surface area contributed by atoms with E-state index in [4.69, 9.17) is 9.72 Å². The molecule has 1 heterocycles. The molecule has 0 spiro atoms. The van der Waals surface area contributed by atoms with Gasteiger partial charge in [-0.2, -0.15) is 5.26 Å². The summed E-state index contributed by atoms with van der Waals surface area (Å²) in [6.45, 7) is 2.04. The summed E-state index contributed by atoms with van der Waals surface area (Å²) < 4.78 is 5.30. The van der Waals surface area contributed by atoms with Gasteiger partial charge in [0.05, 0.1) is 18.4 Å². The smallest absolute Gasteiger partial charge is 0.225 e. The number of nitriles is 1. The molecule has 0 saturated heterocycles. The first-order chi connectivity index (χ1) is 19.0. The Bertz CT molecular complexity index is 1670. The molecule has 5 nitrogen and oxygen atoms in total. The number of carbonyl (C=O) groups is 1. The normalized spacial score (nSPS) is 10.7. The van der Waals surface area contributed by atoms with Gasteiger partial charge in [0.2, 0.25) is 5.91 Å². The van der Waals surface area contributed by atoms with E-state index in [1.807, 2.05) is 104 Å². The maximum absolute atomic E-state index is 12.7. The fourth-order valence-electron chi connectivity index (χ4n) is 4.34. The molecule has 5 rings (SSSR count). The standard InChI is InChI=1S/C33H27N3O2S/c1-22-7-9-24(10-8-22)29-20-31(25-12-15-28(38-2)16-13-25)36-33(30(29)21-34)39-18-17-32(37)35-27-14-11-23-5-3-4-6-26(23)19-27/h3-16,19-20H,17-18H2,1-2H3,(H,35,37). The van der Waals surface area contributed by atoms with Crippen molar-refractivity contribution < 1.29 is 9.53 Å². The number of nitrogens with one attached hydrogen (secondary N) is 1. The number of ether oxygens (including phenoxy) is 1. The summed E-state index contributed by atoms with van der Waals surface area (Å²) in [5.74, 6) is 1.17. The van der Waals surface area contributed by atoms with Gasteiger partial charge in [-0.15, -0.1) is 11.8 Å². The van der Waals surface area contributed by atoms with Gasteiger partial charge < -0.3 is 10.1 Å². The van der Waals surface area contributed by atoms with E-state index in [2.05, 4.69) is 11.4 Å². The SMILES string of the molecule is COc1ccc(-c2cc(-c3ccc(C)cc3)c(C#N)c(SCCC(=O)Nc3ccc4ccccc4c3)n2)cc1. The molecule has 39 heavy (non-hydrogen) atoms. The third-order valence-electron chi connectivity index (χ3n) is 6.45. The topological polar surface area (TPSA) is 75.0 Å². The number of aromatic nitrogens is 1. The van der Waals surface area contributed by atoms with E-state index in [0.29, 0.717) is 16.3 Å². The Morgan fingerprint density at radius 2 is 1.64 bits per heavy atom. The lowest BCUT2D eigenvalue weighted by atomic mass is 9.98. The Balaban J connectivity index is 1.38. The van der Waals surface area contributed by atoms with Crippen molar-refractivity contribution >= 4 is 34.1 Å². The third-order valence-corrected chi connectivity index (χ3v) is 7.42. The first-order valence-electron chi connectivity index (χ1n) is 12.6. The summed E-state index contributed by atoms with van der Waals surface area (Å²) in [6, 6.07) is 34.1. The van der Waals surface area contributed by atoms with Gasteiger partial charge in [-0.1, -0.05) is 60.2 Å². The summed E-state index contributed by atoms with van der Waals surface area (Å²) in [5.41, 5.74) is 5.87. The molecule has 1 N–H and O–H groups in total. The molecule has 0 aliphatic heterocycles. The van der Waals surface area contributed by atoms with Crippen LogP contribution in [-0.2, 0) is 4.79 Å². The number of nitrogens with zero attached hydrogens (tertiary/aromatic N) is 2. The number of carbonyl (C=O) groups excluding carboxylic acids is 1. The van der Waals surface area contributed by atoms with E-state index in [-0.39, 0.29) is 12.3 Å². The van der Waals surface area contributed by atoms with Gasteiger partial charge in [-0.25, -0.2) is 4.98 Å². The highest BCUT2D eigenvalue weighted by Crippen LogP contribution is 2.35. The molecule has 0 bridgehead atoms. The number of anilines is 1. The lowest BCUT2D eigenvalue weighted by Crippen LogP contribution is -2.12. The van der Waals surface area contributed by atoms with Crippen LogP contribution < -0.4 is 10.1 Å².